The standard InChI is InChI=1S/C14H11NO3S2/c1-7(14(16)17)6-18-10-5-11-12(15-8(2)20-11)13-9(10)3-4-19-13/h3-5H,1,6H2,2H3,(H,16,17). The summed E-state index contributed by atoms with van der Waals surface area (Å²) in [7, 11) is 0. The number of aromatic nitrogens is 1. The number of aliphatic carboxylic acids is 1. The van der Waals surface area contributed by atoms with Crippen LogP contribution in [0.3, 0.4) is 0 Å². The Kier molecular flexibility index (Phi) is 3.19. The summed E-state index contributed by atoms with van der Waals surface area (Å²) >= 11 is 3.21. The fourth-order valence-corrected chi connectivity index (χ4v) is 3.77. The molecule has 0 aliphatic heterocycles. The quantitative estimate of drug-likeness (QED) is 0.744. The molecule has 0 atom stereocenters. The molecule has 0 aliphatic rings. The van der Waals surface area contributed by atoms with Gasteiger partial charge in [0.2, 0.25) is 0 Å². The molecule has 0 saturated heterocycles. The van der Waals surface area contributed by atoms with E-state index in [-0.39, 0.29) is 12.2 Å². The van der Waals surface area contributed by atoms with Crippen LogP contribution >= 0.6 is 22.7 Å². The molecule has 4 nitrogen and oxygen atoms in total. The number of thiophene rings is 1. The van der Waals surface area contributed by atoms with Crippen LogP contribution in [0.15, 0.2) is 29.7 Å². The molecule has 0 radical (unpaired) electrons. The molecule has 0 amide bonds. The Balaban J connectivity index is 2.06. The molecule has 3 aromatic rings. The summed E-state index contributed by atoms with van der Waals surface area (Å²) in [4.78, 5) is 15.3. The monoisotopic (exact) mass is 305 g/mol. The lowest BCUT2D eigenvalue weighted by Gasteiger charge is -2.07. The zero-order chi connectivity index (χ0) is 14.3. The minimum atomic E-state index is -1.04. The molecule has 0 saturated carbocycles. The number of carbonyl (C=O) groups is 1. The molecule has 102 valence electrons. The lowest BCUT2D eigenvalue weighted by Crippen LogP contribution is -2.08. The van der Waals surface area contributed by atoms with Gasteiger partial charge < -0.3 is 9.84 Å². The van der Waals surface area contributed by atoms with Crippen molar-refractivity contribution in [2.24, 2.45) is 0 Å². The van der Waals surface area contributed by atoms with Gasteiger partial charge in [0.15, 0.2) is 0 Å². The number of fused-ring (bicyclic) bond motifs is 3. The second kappa shape index (κ2) is 4.88. The van der Waals surface area contributed by atoms with Crippen LogP contribution in [-0.2, 0) is 4.79 Å². The summed E-state index contributed by atoms with van der Waals surface area (Å²) in [6.07, 6.45) is 0. The van der Waals surface area contributed by atoms with E-state index in [1.54, 1.807) is 22.7 Å². The van der Waals surface area contributed by atoms with E-state index in [9.17, 15) is 4.79 Å². The van der Waals surface area contributed by atoms with Crippen molar-refractivity contribution in [3.63, 3.8) is 0 Å². The third-order valence-electron chi connectivity index (χ3n) is 2.87. The van der Waals surface area contributed by atoms with Crippen LogP contribution in [0.5, 0.6) is 5.75 Å². The summed E-state index contributed by atoms with van der Waals surface area (Å²) in [6.45, 7) is 5.42. The van der Waals surface area contributed by atoms with Crippen molar-refractivity contribution in [2.45, 2.75) is 6.92 Å². The fourth-order valence-electron chi connectivity index (χ4n) is 1.93. The van der Waals surface area contributed by atoms with Gasteiger partial charge in [0, 0.05) is 11.5 Å². The van der Waals surface area contributed by atoms with Gasteiger partial charge in [-0.3, -0.25) is 0 Å². The molecule has 0 spiro atoms. The van der Waals surface area contributed by atoms with Crippen molar-refractivity contribution in [3.05, 3.63) is 34.7 Å². The van der Waals surface area contributed by atoms with Gasteiger partial charge in [0.25, 0.3) is 0 Å². The van der Waals surface area contributed by atoms with Gasteiger partial charge >= 0.3 is 5.97 Å². The summed E-state index contributed by atoms with van der Waals surface area (Å²) in [5, 5.41) is 12.8. The molecule has 0 unspecified atom stereocenters. The van der Waals surface area contributed by atoms with E-state index in [1.165, 1.54) is 0 Å². The van der Waals surface area contributed by atoms with Crippen molar-refractivity contribution in [1.82, 2.24) is 4.98 Å². The first-order chi connectivity index (χ1) is 9.56. The SMILES string of the molecule is C=C(COc1cc2sc(C)nc2c2sccc12)C(=O)O. The average Bonchev–Trinajstić information content (AvgIpc) is 3.00. The van der Waals surface area contributed by atoms with Gasteiger partial charge in [0.05, 0.1) is 25.5 Å². The van der Waals surface area contributed by atoms with Gasteiger partial charge in [-0.05, 0) is 18.4 Å². The first-order valence-electron chi connectivity index (χ1n) is 5.87. The second-order valence-electron chi connectivity index (χ2n) is 4.32. The van der Waals surface area contributed by atoms with Crippen molar-refractivity contribution >= 4 is 48.9 Å². The van der Waals surface area contributed by atoms with Crippen LogP contribution in [0.1, 0.15) is 5.01 Å². The molecule has 0 bridgehead atoms. The first-order valence-corrected chi connectivity index (χ1v) is 7.57. The van der Waals surface area contributed by atoms with Gasteiger partial charge in [-0.25, -0.2) is 9.78 Å². The molecule has 3 rings (SSSR count). The number of carboxylic acid groups (broad SMARTS) is 1. The molecule has 1 N–H and O–H groups in total. The summed E-state index contributed by atoms with van der Waals surface area (Å²) in [5.41, 5.74) is 1.02. The highest BCUT2D eigenvalue weighted by Crippen LogP contribution is 2.38. The van der Waals surface area contributed by atoms with Gasteiger partial charge in [-0.15, -0.1) is 22.7 Å². The van der Waals surface area contributed by atoms with Crippen molar-refractivity contribution in [1.29, 1.82) is 0 Å². The average molecular weight is 305 g/mol. The minimum Gasteiger partial charge on any atom is -0.488 e. The lowest BCUT2D eigenvalue weighted by atomic mass is 10.2. The van der Waals surface area contributed by atoms with Gasteiger partial charge in [0.1, 0.15) is 12.4 Å². The van der Waals surface area contributed by atoms with E-state index in [0.29, 0.717) is 5.75 Å². The molecule has 6 heteroatoms. The Morgan fingerprint density at radius 1 is 1.55 bits per heavy atom. The fraction of sp³-hybridized carbons (Fsp3) is 0.143. The summed E-state index contributed by atoms with van der Waals surface area (Å²) < 4.78 is 7.74. The second-order valence-corrected chi connectivity index (χ2v) is 6.47. The van der Waals surface area contributed by atoms with Gasteiger partial charge in [-0.2, -0.15) is 0 Å². The third kappa shape index (κ3) is 2.17. The molecule has 2 heterocycles. The number of thiazole rings is 1. The van der Waals surface area contributed by atoms with Crippen LogP contribution < -0.4 is 4.74 Å². The maximum atomic E-state index is 10.8. The number of ether oxygens (including phenoxy) is 1. The van der Waals surface area contributed by atoms with E-state index in [0.717, 1.165) is 25.3 Å². The Bertz CT molecular complexity index is 832. The Morgan fingerprint density at radius 3 is 3.10 bits per heavy atom. The molecule has 0 aliphatic carbocycles. The number of nitrogens with zero attached hydrogens (tertiary/aromatic N) is 1. The van der Waals surface area contributed by atoms with Crippen molar-refractivity contribution < 1.29 is 14.6 Å². The number of hydrogen-bond donors (Lipinski definition) is 1. The van der Waals surface area contributed by atoms with Crippen LogP contribution in [0.4, 0.5) is 0 Å². The zero-order valence-electron chi connectivity index (χ0n) is 10.7. The normalized spacial score (nSPS) is 11.1. The Labute approximate surface area is 122 Å². The smallest absolute Gasteiger partial charge is 0.334 e. The highest BCUT2D eigenvalue weighted by atomic mass is 32.1. The highest BCUT2D eigenvalue weighted by molar-refractivity contribution is 7.21. The predicted molar refractivity (Wildman–Crippen MR) is 82.0 cm³/mol. The minimum absolute atomic E-state index is 0.0242. The number of carboxylic acids is 1. The largest absolute Gasteiger partial charge is 0.488 e. The van der Waals surface area contributed by atoms with E-state index in [4.69, 9.17) is 9.84 Å². The number of aryl methyl sites for hydroxylation is 1. The maximum absolute atomic E-state index is 10.8. The van der Waals surface area contributed by atoms with E-state index in [2.05, 4.69) is 11.6 Å². The Hall–Kier alpha value is -1.92. The van der Waals surface area contributed by atoms with Crippen molar-refractivity contribution in [2.75, 3.05) is 6.61 Å². The summed E-state index contributed by atoms with van der Waals surface area (Å²) in [5.74, 6) is -0.360. The van der Waals surface area contributed by atoms with E-state index < -0.39 is 5.97 Å². The van der Waals surface area contributed by atoms with Crippen LogP contribution in [-0.4, -0.2) is 22.7 Å². The molecule has 20 heavy (non-hydrogen) atoms. The van der Waals surface area contributed by atoms with Crippen LogP contribution in [0.25, 0.3) is 20.3 Å². The van der Waals surface area contributed by atoms with Crippen molar-refractivity contribution in [3.8, 4) is 5.75 Å². The predicted octanol–water partition coefficient (Wildman–Crippen LogP) is 3.84. The van der Waals surface area contributed by atoms with Crippen LogP contribution in [0, 0.1) is 6.92 Å². The van der Waals surface area contributed by atoms with Gasteiger partial charge in [-0.1, -0.05) is 6.58 Å². The van der Waals surface area contributed by atoms with E-state index in [1.807, 2.05) is 24.4 Å². The zero-order valence-corrected chi connectivity index (χ0v) is 12.3. The summed E-state index contributed by atoms with van der Waals surface area (Å²) in [6, 6.07) is 3.89. The first kappa shape index (κ1) is 13.1. The highest BCUT2D eigenvalue weighted by Gasteiger charge is 2.13. The molecular weight excluding hydrogens is 294 g/mol. The third-order valence-corrected chi connectivity index (χ3v) is 4.71. The molecule has 0 fully saturated rings. The number of benzene rings is 1. The maximum Gasteiger partial charge on any atom is 0.334 e. The number of rotatable bonds is 4. The topological polar surface area (TPSA) is 59.4 Å². The molecule has 1 aromatic carbocycles. The number of hydrogen-bond acceptors (Lipinski definition) is 5. The Morgan fingerprint density at radius 2 is 2.35 bits per heavy atom. The molecular formula is C14H11NO3S2. The lowest BCUT2D eigenvalue weighted by molar-refractivity contribution is -0.133. The van der Waals surface area contributed by atoms with E-state index >= 15 is 0 Å². The van der Waals surface area contributed by atoms with Crippen LogP contribution in [0.2, 0.25) is 0 Å². The molecule has 2 aromatic heterocycles.